The molecule has 1 saturated heterocycles. The quantitative estimate of drug-likeness (QED) is 0.536. The van der Waals surface area contributed by atoms with Crippen LogP contribution in [0.15, 0.2) is 36.4 Å². The van der Waals surface area contributed by atoms with E-state index < -0.39 is 0 Å². The van der Waals surface area contributed by atoms with Gasteiger partial charge in [-0.25, -0.2) is 5.48 Å². The van der Waals surface area contributed by atoms with Gasteiger partial charge in [-0.3, -0.25) is 14.8 Å². The number of nitrogens with one attached hydrogen (secondary N) is 2. The van der Waals surface area contributed by atoms with Gasteiger partial charge in [0.05, 0.1) is 4.75 Å². The molecule has 0 bridgehead atoms. The first-order valence-electron chi connectivity index (χ1n) is 8.58. The monoisotopic (exact) mass is 390 g/mol. The highest BCUT2D eigenvalue weighted by Gasteiger charge is 2.38. The molecule has 3 rings (SSSR count). The van der Waals surface area contributed by atoms with Gasteiger partial charge in [0.15, 0.2) is 0 Å². The fourth-order valence-electron chi connectivity index (χ4n) is 3.24. The molecule has 0 radical (unpaired) electrons. The van der Waals surface area contributed by atoms with Crippen LogP contribution in [0.25, 0.3) is 10.4 Å². The Morgan fingerprint density at radius 3 is 2.54 bits per heavy atom. The van der Waals surface area contributed by atoms with Crippen molar-refractivity contribution in [3.8, 4) is 10.4 Å². The van der Waals surface area contributed by atoms with Crippen LogP contribution >= 0.6 is 23.1 Å². The number of carbonyl (C=O) groups is 2. The SMILES string of the molecule is CNC(=O)c1ccc(-c2ccc([C@@]3(CC(=O)NO)CCCCS3)s2)cc1. The highest BCUT2D eigenvalue weighted by Crippen LogP contribution is 2.50. The van der Waals surface area contributed by atoms with Crippen molar-refractivity contribution in [1.82, 2.24) is 10.8 Å². The van der Waals surface area contributed by atoms with E-state index in [-0.39, 0.29) is 23.0 Å². The smallest absolute Gasteiger partial charge is 0.251 e. The normalized spacial score (nSPS) is 19.8. The highest BCUT2D eigenvalue weighted by molar-refractivity contribution is 8.00. The van der Waals surface area contributed by atoms with E-state index in [1.807, 2.05) is 36.0 Å². The first kappa shape index (κ1) is 18.9. The van der Waals surface area contributed by atoms with Gasteiger partial charge in [-0.15, -0.1) is 23.1 Å². The molecule has 0 spiro atoms. The van der Waals surface area contributed by atoms with Crippen molar-refractivity contribution < 1.29 is 14.8 Å². The Morgan fingerprint density at radius 2 is 1.92 bits per heavy atom. The first-order valence-corrected chi connectivity index (χ1v) is 10.4. The Bertz CT molecular complexity index is 780. The number of thioether (sulfide) groups is 1. The maximum absolute atomic E-state index is 11.9. The summed E-state index contributed by atoms with van der Waals surface area (Å²) < 4.78 is -0.268. The van der Waals surface area contributed by atoms with Crippen LogP contribution in [0.5, 0.6) is 0 Å². The van der Waals surface area contributed by atoms with Crippen LogP contribution in [0, 0.1) is 0 Å². The second-order valence-corrected chi connectivity index (χ2v) is 8.89. The second kappa shape index (κ2) is 8.24. The zero-order valence-corrected chi connectivity index (χ0v) is 16.2. The van der Waals surface area contributed by atoms with Crippen molar-refractivity contribution in [1.29, 1.82) is 0 Å². The van der Waals surface area contributed by atoms with E-state index in [1.54, 1.807) is 23.9 Å². The number of benzene rings is 1. The first-order chi connectivity index (χ1) is 12.6. The average molecular weight is 391 g/mol. The Hall–Kier alpha value is -1.83. The number of hydroxylamine groups is 1. The minimum atomic E-state index is -0.343. The zero-order chi connectivity index (χ0) is 18.6. The van der Waals surface area contributed by atoms with Crippen LogP contribution < -0.4 is 10.8 Å². The van der Waals surface area contributed by atoms with Gasteiger partial charge in [0, 0.05) is 28.8 Å². The van der Waals surface area contributed by atoms with E-state index in [9.17, 15) is 9.59 Å². The summed E-state index contributed by atoms with van der Waals surface area (Å²) in [7, 11) is 1.62. The molecule has 2 amide bonds. The third-order valence-electron chi connectivity index (χ3n) is 4.64. The summed E-state index contributed by atoms with van der Waals surface area (Å²) in [4.78, 5) is 25.8. The fraction of sp³-hybridized carbons (Fsp3) is 0.368. The van der Waals surface area contributed by atoms with Gasteiger partial charge in [0.2, 0.25) is 5.91 Å². The minimum Gasteiger partial charge on any atom is -0.355 e. The standard InChI is InChI=1S/C19H22N2O3S2/c1-20-18(23)14-6-4-13(5-7-14)15-8-9-16(26-15)19(12-17(22)21-24)10-2-3-11-25-19/h4-9,24H,2-3,10-12H2,1H3,(H,20,23)(H,21,22)/t19-/m0/s1. The van der Waals surface area contributed by atoms with Gasteiger partial charge in [0.1, 0.15) is 0 Å². The number of hydrogen-bond donors (Lipinski definition) is 3. The molecule has 7 heteroatoms. The molecule has 2 heterocycles. The number of amides is 2. The number of hydrogen-bond acceptors (Lipinski definition) is 5. The maximum atomic E-state index is 11.9. The number of thiophene rings is 1. The van der Waals surface area contributed by atoms with Crippen LogP contribution in [0.4, 0.5) is 0 Å². The van der Waals surface area contributed by atoms with E-state index >= 15 is 0 Å². The van der Waals surface area contributed by atoms with Gasteiger partial charge in [-0.05, 0) is 48.4 Å². The van der Waals surface area contributed by atoms with Crippen molar-refractivity contribution in [3.63, 3.8) is 0 Å². The van der Waals surface area contributed by atoms with Crippen LogP contribution in [0.2, 0.25) is 0 Å². The predicted molar refractivity (Wildman–Crippen MR) is 106 cm³/mol. The molecular weight excluding hydrogens is 368 g/mol. The Morgan fingerprint density at radius 1 is 1.15 bits per heavy atom. The molecule has 26 heavy (non-hydrogen) atoms. The van der Waals surface area contributed by atoms with E-state index in [2.05, 4.69) is 17.4 Å². The zero-order valence-electron chi connectivity index (χ0n) is 14.6. The maximum Gasteiger partial charge on any atom is 0.251 e. The highest BCUT2D eigenvalue weighted by atomic mass is 32.2. The Labute approximate surface area is 161 Å². The van der Waals surface area contributed by atoms with Gasteiger partial charge >= 0.3 is 0 Å². The van der Waals surface area contributed by atoms with Crippen molar-refractivity contribution >= 4 is 34.9 Å². The summed E-state index contributed by atoms with van der Waals surface area (Å²) >= 11 is 3.49. The summed E-state index contributed by atoms with van der Waals surface area (Å²) in [5.41, 5.74) is 3.47. The molecule has 2 aromatic rings. The molecule has 5 nitrogen and oxygen atoms in total. The molecule has 0 unspecified atom stereocenters. The van der Waals surface area contributed by atoms with Crippen molar-refractivity contribution in [2.24, 2.45) is 0 Å². The van der Waals surface area contributed by atoms with E-state index in [0.29, 0.717) is 5.56 Å². The van der Waals surface area contributed by atoms with Gasteiger partial charge in [0.25, 0.3) is 5.91 Å². The molecule has 1 aliphatic heterocycles. The lowest BCUT2D eigenvalue weighted by molar-refractivity contribution is -0.129. The Kier molecular flexibility index (Phi) is 6.01. The lowest BCUT2D eigenvalue weighted by Gasteiger charge is -2.35. The molecule has 1 aromatic heterocycles. The summed E-state index contributed by atoms with van der Waals surface area (Å²) in [5, 5.41) is 11.6. The van der Waals surface area contributed by atoms with Crippen molar-refractivity contribution in [3.05, 3.63) is 46.8 Å². The van der Waals surface area contributed by atoms with Gasteiger partial charge in [-0.1, -0.05) is 18.6 Å². The minimum absolute atomic E-state index is 0.101. The van der Waals surface area contributed by atoms with Crippen LogP contribution in [0.1, 0.15) is 40.9 Å². The van der Waals surface area contributed by atoms with E-state index in [1.165, 1.54) is 0 Å². The molecule has 3 N–H and O–H groups in total. The van der Waals surface area contributed by atoms with Crippen LogP contribution in [0.3, 0.4) is 0 Å². The molecule has 1 aromatic carbocycles. The average Bonchev–Trinajstić information content (AvgIpc) is 3.19. The summed E-state index contributed by atoms with van der Waals surface area (Å²) in [5.74, 6) is 0.576. The molecule has 1 fully saturated rings. The van der Waals surface area contributed by atoms with Gasteiger partial charge < -0.3 is 5.32 Å². The fourth-order valence-corrected chi connectivity index (χ4v) is 6.14. The Balaban J connectivity index is 1.87. The largest absolute Gasteiger partial charge is 0.355 e. The summed E-state index contributed by atoms with van der Waals surface area (Å²) in [6.07, 6.45) is 3.45. The molecule has 0 saturated carbocycles. The molecule has 1 atom stereocenters. The number of rotatable bonds is 5. The lowest BCUT2D eigenvalue weighted by atomic mass is 9.94. The van der Waals surface area contributed by atoms with Gasteiger partial charge in [-0.2, -0.15) is 0 Å². The van der Waals surface area contributed by atoms with Crippen molar-refractivity contribution in [2.45, 2.75) is 30.4 Å². The van der Waals surface area contributed by atoms with Crippen LogP contribution in [-0.4, -0.2) is 29.8 Å². The summed E-state index contributed by atoms with van der Waals surface area (Å²) in [6, 6.07) is 11.7. The molecule has 138 valence electrons. The molecule has 1 aliphatic rings. The number of carbonyl (C=O) groups excluding carboxylic acids is 2. The van der Waals surface area contributed by atoms with Crippen molar-refractivity contribution in [2.75, 3.05) is 12.8 Å². The second-order valence-electron chi connectivity index (χ2n) is 6.33. The third kappa shape index (κ3) is 3.95. The lowest BCUT2D eigenvalue weighted by Crippen LogP contribution is -2.32. The third-order valence-corrected chi connectivity index (χ3v) is 7.72. The van der Waals surface area contributed by atoms with Crippen LogP contribution in [-0.2, 0) is 9.54 Å². The molecular formula is C19H22N2O3S2. The van der Waals surface area contributed by atoms with E-state index in [0.717, 1.165) is 40.3 Å². The predicted octanol–water partition coefficient (Wildman–Crippen LogP) is 3.78. The summed E-state index contributed by atoms with van der Waals surface area (Å²) in [6.45, 7) is 0. The topological polar surface area (TPSA) is 78.4 Å². The van der Waals surface area contributed by atoms with E-state index in [4.69, 9.17) is 5.21 Å². The molecule has 0 aliphatic carbocycles.